The van der Waals surface area contributed by atoms with E-state index in [1.807, 2.05) is 18.4 Å². The van der Waals surface area contributed by atoms with Gasteiger partial charge >= 0.3 is 5.76 Å². The number of rotatable bonds is 5. The number of aromatic nitrogens is 3. The molecule has 0 saturated heterocycles. The van der Waals surface area contributed by atoms with Crippen LogP contribution in [0.3, 0.4) is 0 Å². The first-order valence-corrected chi connectivity index (χ1v) is 10.1. The van der Waals surface area contributed by atoms with E-state index in [-0.39, 0.29) is 17.6 Å². The van der Waals surface area contributed by atoms with Gasteiger partial charge in [0.25, 0.3) is 5.69 Å². The van der Waals surface area contributed by atoms with E-state index >= 15 is 0 Å². The molecule has 1 aliphatic heterocycles. The van der Waals surface area contributed by atoms with Crippen LogP contribution in [-0.2, 0) is 16.4 Å². The monoisotopic (exact) mass is 415 g/mol. The van der Waals surface area contributed by atoms with Crippen LogP contribution in [0.25, 0.3) is 0 Å². The van der Waals surface area contributed by atoms with Gasteiger partial charge in [0.15, 0.2) is 5.82 Å². The van der Waals surface area contributed by atoms with Crippen molar-refractivity contribution in [3.05, 3.63) is 40.0 Å². The topological polar surface area (TPSA) is 111 Å². The summed E-state index contributed by atoms with van der Waals surface area (Å²) < 4.78 is 50.9. The molecule has 1 aromatic heterocycles. The van der Waals surface area contributed by atoms with E-state index in [2.05, 4.69) is 10.2 Å². The molecule has 9 nitrogen and oxygen atoms in total. The fourth-order valence-electron chi connectivity index (χ4n) is 3.34. The van der Waals surface area contributed by atoms with Crippen LogP contribution in [0.4, 0.5) is 20.2 Å². The van der Waals surface area contributed by atoms with E-state index in [4.69, 9.17) is 0 Å². The van der Waals surface area contributed by atoms with Crippen molar-refractivity contribution in [2.24, 2.45) is 0 Å². The number of hydrogen-bond acceptors (Lipinski definition) is 7. The molecule has 28 heavy (non-hydrogen) atoms. The molecule has 0 N–H and O–H groups in total. The summed E-state index contributed by atoms with van der Waals surface area (Å²) >= 11 is 0. The molecular weight excluding hydrogens is 396 g/mol. The van der Waals surface area contributed by atoms with Gasteiger partial charge in [-0.05, 0) is 19.1 Å². The first kappa shape index (κ1) is 20.1. The average molecular weight is 415 g/mol. The maximum atomic E-state index is 12.8. The van der Waals surface area contributed by atoms with Crippen LogP contribution in [0.1, 0.15) is 44.4 Å². The summed E-state index contributed by atoms with van der Waals surface area (Å²) in [5, 5.41) is 19.9. The summed E-state index contributed by atoms with van der Waals surface area (Å²) in [6, 6.07) is 2.47. The fourth-order valence-corrected chi connectivity index (χ4v) is 4.07. The number of benzene rings is 1. The molecule has 1 aromatic carbocycles. The van der Waals surface area contributed by atoms with E-state index in [1.165, 1.54) is 6.07 Å². The molecule has 1 aliphatic rings. The van der Waals surface area contributed by atoms with Gasteiger partial charge in [-0.2, -0.15) is 8.78 Å². The van der Waals surface area contributed by atoms with Gasteiger partial charge in [0, 0.05) is 25.1 Å². The lowest BCUT2D eigenvalue weighted by atomic mass is 10.1. The van der Waals surface area contributed by atoms with E-state index < -0.39 is 31.1 Å². The Morgan fingerprint density at radius 1 is 1.25 bits per heavy atom. The smallest absolute Gasteiger partial charge is 0.341 e. The highest BCUT2D eigenvalue weighted by Gasteiger charge is 2.34. The third-order valence-electron chi connectivity index (χ3n) is 4.75. The highest BCUT2D eigenvalue weighted by Crippen LogP contribution is 2.38. The zero-order valence-electron chi connectivity index (χ0n) is 15.4. The molecule has 1 atom stereocenters. The molecule has 0 amide bonds. The molecule has 0 aliphatic carbocycles. The van der Waals surface area contributed by atoms with Crippen molar-refractivity contribution in [3.8, 4) is 0 Å². The maximum Gasteiger partial charge on any atom is 0.341 e. The lowest BCUT2D eigenvalue weighted by Crippen LogP contribution is -2.38. The predicted molar refractivity (Wildman–Crippen MR) is 96.2 cm³/mol. The molecule has 1 unspecified atom stereocenters. The molecule has 152 valence electrons. The first-order valence-electron chi connectivity index (χ1n) is 8.55. The van der Waals surface area contributed by atoms with Crippen molar-refractivity contribution in [2.75, 3.05) is 11.4 Å². The Morgan fingerprint density at radius 2 is 1.93 bits per heavy atom. The molecule has 0 spiro atoms. The van der Waals surface area contributed by atoms with E-state index in [9.17, 15) is 27.3 Å². The minimum absolute atomic E-state index is 0.145. The van der Waals surface area contributed by atoms with Crippen molar-refractivity contribution < 1.29 is 22.1 Å². The second-order valence-corrected chi connectivity index (χ2v) is 8.72. The van der Waals surface area contributed by atoms with E-state index in [0.29, 0.717) is 25.0 Å². The van der Waals surface area contributed by atoms with Gasteiger partial charge < -0.3 is 9.47 Å². The predicted octanol–water partition coefficient (Wildman–Crippen LogP) is 2.89. The summed E-state index contributed by atoms with van der Waals surface area (Å²) in [6.45, 7) is 6.67. The Balaban J connectivity index is 2.05. The molecule has 0 bridgehead atoms. The lowest BCUT2D eigenvalue weighted by molar-refractivity contribution is -0.384. The molecule has 0 radical (unpaired) electrons. The third-order valence-corrected chi connectivity index (χ3v) is 6.13. The van der Waals surface area contributed by atoms with Gasteiger partial charge in [-0.25, -0.2) is 8.42 Å². The van der Waals surface area contributed by atoms with E-state index in [1.54, 1.807) is 11.8 Å². The molecule has 3 rings (SSSR count). The van der Waals surface area contributed by atoms with Crippen molar-refractivity contribution >= 4 is 21.2 Å². The zero-order valence-corrected chi connectivity index (χ0v) is 16.2. The molecule has 0 saturated carbocycles. The molecule has 2 aromatic rings. The second kappa shape index (κ2) is 7.08. The van der Waals surface area contributed by atoms with Gasteiger partial charge in [-0.15, -0.1) is 10.2 Å². The van der Waals surface area contributed by atoms with Crippen molar-refractivity contribution in [1.82, 2.24) is 14.8 Å². The van der Waals surface area contributed by atoms with Crippen molar-refractivity contribution in [3.63, 3.8) is 0 Å². The van der Waals surface area contributed by atoms with Crippen molar-refractivity contribution in [1.29, 1.82) is 0 Å². The highest BCUT2D eigenvalue weighted by atomic mass is 32.2. The molecular formula is C16H19F2N5O4S. The number of nitro groups is 1. The number of halogens is 2. The largest absolute Gasteiger partial charge is 0.354 e. The number of nitro benzene ring substituents is 1. The Bertz CT molecular complexity index is 1020. The minimum Gasteiger partial charge on any atom is -0.354 e. The molecule has 12 heteroatoms. The number of anilines is 1. The van der Waals surface area contributed by atoms with Crippen molar-refractivity contribution in [2.45, 2.75) is 49.9 Å². The fraction of sp³-hybridized carbons (Fsp3) is 0.500. The van der Waals surface area contributed by atoms with Gasteiger partial charge in [0.1, 0.15) is 11.5 Å². The standard InChI is InChI=1S/C16H19F2N5O4S/c1-9(2)14-19-20-15-10(3)21(6-7-22(14)15)12-5-4-11(8-13(12)23(24)25)28(26,27)16(17)18/h4-5,8-10,16H,6-7H2,1-3H3. The Labute approximate surface area is 160 Å². The quantitative estimate of drug-likeness (QED) is 0.545. The lowest BCUT2D eigenvalue weighted by Gasteiger charge is -2.35. The average Bonchev–Trinajstić information content (AvgIpc) is 3.06. The normalized spacial score (nSPS) is 17.2. The van der Waals surface area contributed by atoms with Crippen LogP contribution in [-0.4, -0.2) is 40.4 Å². The maximum absolute atomic E-state index is 12.8. The number of hydrogen-bond donors (Lipinski definition) is 0. The summed E-state index contributed by atoms with van der Waals surface area (Å²) in [5.74, 6) is -2.05. The van der Waals surface area contributed by atoms with Crippen LogP contribution >= 0.6 is 0 Å². The number of alkyl halides is 2. The van der Waals surface area contributed by atoms with Crippen LogP contribution in [0, 0.1) is 10.1 Å². The number of sulfone groups is 1. The second-order valence-electron chi connectivity index (χ2n) is 6.81. The zero-order chi connectivity index (χ0) is 20.8. The van der Waals surface area contributed by atoms with E-state index in [0.717, 1.165) is 11.9 Å². The first-order chi connectivity index (χ1) is 13.1. The number of fused-ring (bicyclic) bond motifs is 1. The minimum atomic E-state index is -4.93. The third kappa shape index (κ3) is 3.21. The van der Waals surface area contributed by atoms with Crippen LogP contribution in [0.15, 0.2) is 23.1 Å². The summed E-state index contributed by atoms with van der Waals surface area (Å²) in [4.78, 5) is 11.7. The van der Waals surface area contributed by atoms with Gasteiger partial charge in [-0.1, -0.05) is 13.8 Å². The van der Waals surface area contributed by atoms with Crippen LogP contribution < -0.4 is 4.90 Å². The SMILES string of the molecule is CC(C)c1nnc2n1CCN(c1ccc(S(=O)(=O)C(F)F)cc1[N+](=O)[O-])C2C. The number of nitrogens with zero attached hydrogens (tertiary/aromatic N) is 5. The summed E-state index contributed by atoms with van der Waals surface area (Å²) in [6.07, 6.45) is 0. The Morgan fingerprint density at radius 3 is 2.50 bits per heavy atom. The summed E-state index contributed by atoms with van der Waals surface area (Å²) in [7, 11) is -4.93. The van der Waals surface area contributed by atoms with Gasteiger partial charge in [0.05, 0.1) is 15.9 Å². The Hall–Kier alpha value is -2.63. The summed E-state index contributed by atoms with van der Waals surface area (Å²) in [5.41, 5.74) is -0.406. The van der Waals surface area contributed by atoms with Crippen LogP contribution in [0.5, 0.6) is 0 Å². The highest BCUT2D eigenvalue weighted by molar-refractivity contribution is 7.91. The molecule has 2 heterocycles. The van der Waals surface area contributed by atoms with Gasteiger partial charge in [0.2, 0.25) is 9.84 Å². The molecule has 0 fully saturated rings. The van der Waals surface area contributed by atoms with Crippen LogP contribution in [0.2, 0.25) is 0 Å². The van der Waals surface area contributed by atoms with Gasteiger partial charge in [-0.3, -0.25) is 10.1 Å². The Kier molecular flexibility index (Phi) is 5.08.